The number of hydrogen-bond donors (Lipinski definition) is 2. The maximum atomic E-state index is 12.2. The van der Waals surface area contributed by atoms with Crippen molar-refractivity contribution in [2.75, 3.05) is 12.4 Å². The summed E-state index contributed by atoms with van der Waals surface area (Å²) < 4.78 is 40.3. The number of rotatable bonds is 6. The molecule has 146 valence electrons. The molecular weight excluding hydrogens is 379 g/mol. The SMILES string of the molecule is CC(C)c1ccccc1NC(=S)NN(C)Oc1ccc(OC(F)(F)F)cc1. The number of alkyl halides is 3. The molecule has 9 heteroatoms. The second kappa shape index (κ2) is 8.92. The highest BCUT2D eigenvalue weighted by Gasteiger charge is 2.31. The average molecular weight is 399 g/mol. The summed E-state index contributed by atoms with van der Waals surface area (Å²) in [5.74, 6) is 0.306. The Morgan fingerprint density at radius 3 is 2.22 bits per heavy atom. The molecule has 0 amide bonds. The zero-order valence-electron chi connectivity index (χ0n) is 15.0. The molecule has 0 spiro atoms. The van der Waals surface area contributed by atoms with Gasteiger partial charge in [-0.3, -0.25) is 5.43 Å². The normalized spacial score (nSPS) is 11.4. The summed E-state index contributed by atoms with van der Waals surface area (Å²) in [5, 5.41) is 4.65. The quantitative estimate of drug-likeness (QED) is 0.536. The number of thiocarbonyl (C=S) groups is 1. The van der Waals surface area contributed by atoms with Gasteiger partial charge in [0.15, 0.2) is 5.11 Å². The lowest BCUT2D eigenvalue weighted by atomic mass is 10.0. The minimum atomic E-state index is -4.73. The van der Waals surface area contributed by atoms with Gasteiger partial charge in [-0.15, -0.1) is 13.2 Å². The fraction of sp³-hybridized carbons (Fsp3) is 0.278. The molecule has 0 radical (unpaired) electrons. The van der Waals surface area contributed by atoms with Gasteiger partial charge in [-0.05, 0) is 54.0 Å². The molecule has 0 fully saturated rings. The molecule has 0 aliphatic carbocycles. The second-order valence-corrected chi connectivity index (χ2v) is 6.32. The Bertz CT molecular complexity index is 767. The van der Waals surface area contributed by atoms with Gasteiger partial charge in [-0.1, -0.05) is 37.2 Å². The Kier molecular flexibility index (Phi) is 6.86. The van der Waals surface area contributed by atoms with Crippen LogP contribution in [0.15, 0.2) is 48.5 Å². The van der Waals surface area contributed by atoms with Gasteiger partial charge < -0.3 is 14.9 Å². The predicted molar refractivity (Wildman–Crippen MR) is 101 cm³/mol. The number of nitrogens with one attached hydrogen (secondary N) is 2. The minimum Gasteiger partial charge on any atom is -0.406 e. The van der Waals surface area contributed by atoms with Crippen LogP contribution in [0.25, 0.3) is 0 Å². The van der Waals surface area contributed by atoms with Crippen molar-refractivity contribution in [3.63, 3.8) is 0 Å². The maximum absolute atomic E-state index is 12.2. The van der Waals surface area contributed by atoms with Crippen molar-refractivity contribution in [2.24, 2.45) is 0 Å². The Morgan fingerprint density at radius 2 is 1.63 bits per heavy atom. The van der Waals surface area contributed by atoms with Crippen LogP contribution in [0.2, 0.25) is 0 Å². The zero-order chi connectivity index (χ0) is 20.0. The largest absolute Gasteiger partial charge is 0.573 e. The smallest absolute Gasteiger partial charge is 0.406 e. The van der Waals surface area contributed by atoms with Gasteiger partial charge in [0.05, 0.1) is 0 Å². The third kappa shape index (κ3) is 6.95. The molecule has 2 aromatic rings. The van der Waals surface area contributed by atoms with E-state index in [1.54, 1.807) is 7.05 Å². The zero-order valence-corrected chi connectivity index (χ0v) is 15.8. The summed E-state index contributed by atoms with van der Waals surface area (Å²) in [6, 6.07) is 12.8. The highest BCUT2D eigenvalue weighted by molar-refractivity contribution is 7.80. The number of hydrazine groups is 1. The van der Waals surface area contributed by atoms with E-state index >= 15 is 0 Å². The highest BCUT2D eigenvalue weighted by Crippen LogP contribution is 2.25. The summed E-state index contributed by atoms with van der Waals surface area (Å²) >= 11 is 5.27. The first-order chi connectivity index (χ1) is 12.6. The number of nitrogens with zero attached hydrogens (tertiary/aromatic N) is 1. The molecule has 0 saturated heterocycles. The minimum absolute atomic E-state index is 0.308. The lowest BCUT2D eigenvalue weighted by Crippen LogP contribution is -2.43. The van der Waals surface area contributed by atoms with Crippen LogP contribution in [-0.4, -0.2) is 23.7 Å². The number of para-hydroxylation sites is 1. The van der Waals surface area contributed by atoms with E-state index < -0.39 is 6.36 Å². The number of hydroxylamine groups is 1. The molecule has 0 heterocycles. The number of ether oxygens (including phenoxy) is 1. The molecule has 2 aromatic carbocycles. The Labute approximate surface area is 161 Å². The van der Waals surface area contributed by atoms with Gasteiger partial charge in [0.1, 0.15) is 11.5 Å². The Hall–Kier alpha value is -2.52. The second-order valence-electron chi connectivity index (χ2n) is 5.92. The van der Waals surface area contributed by atoms with Gasteiger partial charge in [-0.2, -0.15) is 0 Å². The molecule has 0 aliphatic rings. The summed E-state index contributed by atoms with van der Waals surface area (Å²) in [7, 11) is 1.57. The van der Waals surface area contributed by atoms with Gasteiger partial charge in [0, 0.05) is 12.7 Å². The molecule has 0 aliphatic heterocycles. The van der Waals surface area contributed by atoms with Crippen LogP contribution in [0.3, 0.4) is 0 Å². The number of halogens is 3. The van der Waals surface area contributed by atoms with E-state index in [-0.39, 0.29) is 5.75 Å². The summed E-state index contributed by atoms with van der Waals surface area (Å²) in [5.41, 5.74) is 4.81. The van der Waals surface area contributed by atoms with Gasteiger partial charge >= 0.3 is 6.36 Å². The van der Waals surface area contributed by atoms with Crippen LogP contribution in [0, 0.1) is 0 Å². The van der Waals surface area contributed by atoms with Crippen molar-refractivity contribution >= 4 is 23.0 Å². The van der Waals surface area contributed by atoms with Crippen molar-refractivity contribution in [3.05, 3.63) is 54.1 Å². The van der Waals surface area contributed by atoms with E-state index in [1.165, 1.54) is 17.3 Å². The molecule has 0 saturated carbocycles. The van der Waals surface area contributed by atoms with Crippen molar-refractivity contribution in [1.29, 1.82) is 0 Å². The first kappa shape index (κ1) is 20.8. The monoisotopic (exact) mass is 399 g/mol. The van der Waals surface area contributed by atoms with Crippen molar-refractivity contribution in [1.82, 2.24) is 10.6 Å². The molecule has 0 unspecified atom stereocenters. The lowest BCUT2D eigenvalue weighted by molar-refractivity contribution is -0.274. The third-order valence-corrected chi connectivity index (χ3v) is 3.58. The van der Waals surface area contributed by atoms with E-state index in [2.05, 4.69) is 29.3 Å². The molecule has 2 rings (SSSR count). The van der Waals surface area contributed by atoms with Crippen LogP contribution >= 0.6 is 12.2 Å². The van der Waals surface area contributed by atoms with Crippen molar-refractivity contribution in [3.8, 4) is 11.5 Å². The molecule has 0 aromatic heterocycles. The lowest BCUT2D eigenvalue weighted by Gasteiger charge is -2.22. The molecule has 27 heavy (non-hydrogen) atoms. The predicted octanol–water partition coefficient (Wildman–Crippen LogP) is 4.84. The van der Waals surface area contributed by atoms with Gasteiger partial charge in [-0.25, -0.2) is 0 Å². The van der Waals surface area contributed by atoms with Gasteiger partial charge in [0.25, 0.3) is 0 Å². The van der Waals surface area contributed by atoms with E-state index in [4.69, 9.17) is 17.1 Å². The van der Waals surface area contributed by atoms with E-state index in [0.29, 0.717) is 16.8 Å². The van der Waals surface area contributed by atoms with Crippen LogP contribution < -0.4 is 20.3 Å². The standard InChI is InChI=1S/C18H20F3N3O2S/c1-12(2)15-6-4-5-7-16(15)22-17(27)23-24(3)26-14-10-8-13(9-11-14)25-18(19,20)21/h4-12H,1-3H3,(H2,22,23,27). The molecule has 0 bridgehead atoms. The topological polar surface area (TPSA) is 45.8 Å². The van der Waals surface area contributed by atoms with Crippen LogP contribution in [0.4, 0.5) is 18.9 Å². The number of benzene rings is 2. The Morgan fingerprint density at radius 1 is 1.04 bits per heavy atom. The third-order valence-electron chi connectivity index (χ3n) is 3.39. The van der Waals surface area contributed by atoms with Crippen molar-refractivity contribution < 1.29 is 22.7 Å². The van der Waals surface area contributed by atoms with E-state index in [1.807, 2.05) is 24.3 Å². The first-order valence-electron chi connectivity index (χ1n) is 8.08. The van der Waals surface area contributed by atoms with Crippen LogP contribution in [0.5, 0.6) is 11.5 Å². The average Bonchev–Trinajstić information content (AvgIpc) is 2.55. The van der Waals surface area contributed by atoms with Gasteiger partial charge in [0.2, 0.25) is 0 Å². The van der Waals surface area contributed by atoms with E-state index in [9.17, 15) is 13.2 Å². The Balaban J connectivity index is 1.90. The number of hydrogen-bond acceptors (Lipinski definition) is 4. The first-order valence-corrected chi connectivity index (χ1v) is 8.49. The molecule has 5 nitrogen and oxygen atoms in total. The molecule has 2 N–H and O–H groups in total. The molecule has 0 atom stereocenters. The fourth-order valence-corrected chi connectivity index (χ4v) is 2.53. The highest BCUT2D eigenvalue weighted by atomic mass is 32.1. The van der Waals surface area contributed by atoms with Crippen molar-refractivity contribution in [2.45, 2.75) is 26.1 Å². The van der Waals surface area contributed by atoms with Crippen LogP contribution in [-0.2, 0) is 0 Å². The summed E-state index contributed by atoms with van der Waals surface area (Å²) in [6.45, 7) is 4.16. The van der Waals surface area contributed by atoms with Crippen LogP contribution in [0.1, 0.15) is 25.3 Å². The fourth-order valence-electron chi connectivity index (χ4n) is 2.29. The molecular formula is C18H20F3N3O2S. The summed E-state index contributed by atoms with van der Waals surface area (Å²) in [6.07, 6.45) is -4.73. The van der Waals surface area contributed by atoms with E-state index in [0.717, 1.165) is 23.4 Å². The number of anilines is 1. The summed E-state index contributed by atoms with van der Waals surface area (Å²) in [4.78, 5) is 5.44. The maximum Gasteiger partial charge on any atom is 0.573 e.